The quantitative estimate of drug-likeness (QED) is 0.214. The molecule has 8 heteroatoms. The molecule has 0 saturated heterocycles. The summed E-state index contributed by atoms with van der Waals surface area (Å²) in [5, 5.41) is 39.7. The first kappa shape index (κ1) is 19.5. The van der Waals surface area contributed by atoms with Gasteiger partial charge in [-0.15, -0.1) is 0 Å². The van der Waals surface area contributed by atoms with Crippen LogP contribution in [0.3, 0.4) is 0 Å². The lowest BCUT2D eigenvalue weighted by atomic mass is 9.85. The molecule has 1 unspecified atom stereocenters. The minimum atomic E-state index is -0.604. The van der Waals surface area contributed by atoms with Gasteiger partial charge >= 0.3 is 5.97 Å². The van der Waals surface area contributed by atoms with Crippen LogP contribution in [0.2, 0.25) is 0 Å². The Hall–Kier alpha value is -4.46. The van der Waals surface area contributed by atoms with Crippen LogP contribution in [0.15, 0.2) is 63.8 Å². The number of phenols is 4. The first-order chi connectivity index (χ1) is 15.3. The highest BCUT2D eigenvalue weighted by Gasteiger charge is 2.33. The minimum Gasteiger partial charge on any atom is -0.508 e. The lowest BCUT2D eigenvalue weighted by molar-refractivity contribution is -0.135. The van der Waals surface area contributed by atoms with Gasteiger partial charge in [0.2, 0.25) is 0 Å². The summed E-state index contributed by atoms with van der Waals surface area (Å²) in [4.78, 5) is 25.2. The van der Waals surface area contributed by atoms with Gasteiger partial charge in [0, 0.05) is 29.2 Å². The molecule has 1 aliphatic rings. The highest BCUT2D eigenvalue weighted by molar-refractivity contribution is 5.93. The molecule has 160 valence electrons. The molecule has 2 heterocycles. The summed E-state index contributed by atoms with van der Waals surface area (Å²) in [5.41, 5.74) is 0.782. The fourth-order valence-electron chi connectivity index (χ4n) is 4.00. The van der Waals surface area contributed by atoms with Gasteiger partial charge in [-0.25, -0.2) is 0 Å². The van der Waals surface area contributed by atoms with Gasteiger partial charge in [0.1, 0.15) is 34.0 Å². The van der Waals surface area contributed by atoms with Crippen molar-refractivity contribution in [3.8, 4) is 40.1 Å². The molecule has 0 saturated carbocycles. The average Bonchev–Trinajstić information content (AvgIpc) is 2.74. The number of carbonyl (C=O) groups is 1. The zero-order valence-electron chi connectivity index (χ0n) is 16.4. The Balaban J connectivity index is 1.82. The van der Waals surface area contributed by atoms with Crippen LogP contribution in [0.4, 0.5) is 0 Å². The van der Waals surface area contributed by atoms with Gasteiger partial charge in [-0.2, -0.15) is 0 Å². The first-order valence-electron chi connectivity index (χ1n) is 9.67. The Morgan fingerprint density at radius 1 is 0.844 bits per heavy atom. The van der Waals surface area contributed by atoms with Crippen LogP contribution in [0.5, 0.6) is 28.7 Å². The number of ether oxygens (including phenoxy) is 1. The third-order valence-electron chi connectivity index (χ3n) is 5.46. The lowest BCUT2D eigenvalue weighted by Crippen LogP contribution is -2.22. The van der Waals surface area contributed by atoms with E-state index in [1.807, 2.05) is 0 Å². The smallest absolute Gasteiger partial charge is 0.312 e. The van der Waals surface area contributed by atoms with Gasteiger partial charge in [-0.3, -0.25) is 9.59 Å². The summed E-state index contributed by atoms with van der Waals surface area (Å²) in [5.74, 6) is -2.13. The van der Waals surface area contributed by atoms with E-state index in [0.717, 1.165) is 0 Å². The highest BCUT2D eigenvalue weighted by atomic mass is 16.5. The maximum atomic E-state index is 12.9. The van der Waals surface area contributed by atoms with E-state index in [4.69, 9.17) is 9.15 Å². The molecular weight excluding hydrogens is 416 g/mol. The molecule has 8 nitrogen and oxygen atoms in total. The molecule has 0 amide bonds. The van der Waals surface area contributed by atoms with Crippen LogP contribution in [-0.2, 0) is 4.79 Å². The van der Waals surface area contributed by atoms with Crippen LogP contribution in [0.25, 0.3) is 22.3 Å². The van der Waals surface area contributed by atoms with Gasteiger partial charge in [-0.05, 0) is 35.9 Å². The molecule has 0 radical (unpaired) electrons. The number of fused-ring (bicyclic) bond motifs is 3. The SMILES string of the molecule is O=C1CC(c2cccc(O)c2)c2c(cc(O)c3c(=O)cc(-c4ccc(O)c(O)c4)oc23)O1. The number of benzene rings is 3. The van der Waals surface area contributed by atoms with E-state index in [-0.39, 0.29) is 40.4 Å². The van der Waals surface area contributed by atoms with Crippen molar-refractivity contribution in [2.45, 2.75) is 12.3 Å². The molecule has 4 aromatic rings. The maximum Gasteiger partial charge on any atom is 0.312 e. The van der Waals surface area contributed by atoms with E-state index in [9.17, 15) is 30.0 Å². The van der Waals surface area contributed by atoms with Crippen molar-refractivity contribution in [2.24, 2.45) is 0 Å². The van der Waals surface area contributed by atoms with Crippen molar-refractivity contribution in [1.29, 1.82) is 0 Å². The largest absolute Gasteiger partial charge is 0.508 e. The predicted molar refractivity (Wildman–Crippen MR) is 113 cm³/mol. The van der Waals surface area contributed by atoms with Crippen molar-refractivity contribution in [1.82, 2.24) is 0 Å². The van der Waals surface area contributed by atoms with Crippen LogP contribution in [0.1, 0.15) is 23.5 Å². The Morgan fingerprint density at radius 2 is 1.66 bits per heavy atom. The maximum absolute atomic E-state index is 12.9. The van der Waals surface area contributed by atoms with Crippen molar-refractivity contribution < 1.29 is 34.4 Å². The van der Waals surface area contributed by atoms with Crippen LogP contribution < -0.4 is 10.2 Å². The molecule has 5 rings (SSSR count). The van der Waals surface area contributed by atoms with Gasteiger partial charge in [-0.1, -0.05) is 12.1 Å². The van der Waals surface area contributed by atoms with Gasteiger partial charge in [0.25, 0.3) is 0 Å². The number of hydrogen-bond donors (Lipinski definition) is 4. The van der Waals surface area contributed by atoms with E-state index in [1.165, 1.54) is 42.5 Å². The molecule has 0 spiro atoms. The summed E-state index contributed by atoms with van der Waals surface area (Å²) >= 11 is 0. The predicted octanol–water partition coefficient (Wildman–Crippen LogP) is 3.72. The molecule has 0 bridgehead atoms. The van der Waals surface area contributed by atoms with E-state index in [0.29, 0.717) is 16.7 Å². The molecule has 1 aromatic heterocycles. The summed E-state index contributed by atoms with van der Waals surface area (Å²) in [6.07, 6.45) is -0.0652. The standard InChI is InChI=1S/C24H16O8/c25-13-3-1-2-11(6-13)14-8-21(30)31-20-10-18(29)23-17(28)9-19(32-24(23)22(14)20)12-4-5-15(26)16(27)7-12/h1-7,9-10,14,25-27,29H,8H2. The second-order valence-electron chi connectivity index (χ2n) is 7.52. The summed E-state index contributed by atoms with van der Waals surface area (Å²) < 4.78 is 11.3. The first-order valence-corrected chi connectivity index (χ1v) is 9.67. The van der Waals surface area contributed by atoms with E-state index >= 15 is 0 Å². The Kier molecular flexibility index (Phi) is 4.30. The van der Waals surface area contributed by atoms with Crippen molar-refractivity contribution in [2.75, 3.05) is 0 Å². The minimum absolute atomic E-state index is 0.00721. The second-order valence-corrected chi connectivity index (χ2v) is 7.52. The van der Waals surface area contributed by atoms with Crippen LogP contribution in [-0.4, -0.2) is 26.4 Å². The van der Waals surface area contributed by atoms with Gasteiger partial charge in [0.05, 0.1) is 6.42 Å². The monoisotopic (exact) mass is 432 g/mol. The zero-order valence-corrected chi connectivity index (χ0v) is 16.4. The Labute approximate surface area is 180 Å². The van der Waals surface area contributed by atoms with E-state index in [2.05, 4.69) is 0 Å². The molecule has 1 atom stereocenters. The topological polar surface area (TPSA) is 137 Å². The fourth-order valence-corrected chi connectivity index (χ4v) is 4.00. The number of rotatable bonds is 2. The lowest BCUT2D eigenvalue weighted by Gasteiger charge is -2.26. The highest BCUT2D eigenvalue weighted by Crippen LogP contribution is 2.46. The summed E-state index contributed by atoms with van der Waals surface area (Å²) in [7, 11) is 0. The Morgan fingerprint density at radius 3 is 2.41 bits per heavy atom. The number of hydrogen-bond acceptors (Lipinski definition) is 8. The third kappa shape index (κ3) is 3.09. The second kappa shape index (κ2) is 7.05. The normalized spacial score (nSPS) is 15.4. The van der Waals surface area contributed by atoms with Gasteiger partial charge < -0.3 is 29.6 Å². The molecular formula is C24H16O8. The van der Waals surface area contributed by atoms with E-state index in [1.54, 1.807) is 12.1 Å². The summed E-state index contributed by atoms with van der Waals surface area (Å²) in [6.45, 7) is 0. The van der Waals surface area contributed by atoms with Crippen molar-refractivity contribution in [3.05, 3.63) is 75.9 Å². The third-order valence-corrected chi connectivity index (χ3v) is 5.46. The molecule has 32 heavy (non-hydrogen) atoms. The molecule has 1 aliphatic heterocycles. The molecule has 4 N–H and O–H groups in total. The van der Waals surface area contributed by atoms with Crippen molar-refractivity contribution in [3.63, 3.8) is 0 Å². The van der Waals surface area contributed by atoms with Crippen LogP contribution in [0, 0.1) is 0 Å². The van der Waals surface area contributed by atoms with Crippen molar-refractivity contribution >= 4 is 16.9 Å². The molecule has 0 aliphatic carbocycles. The molecule has 0 fully saturated rings. The zero-order chi connectivity index (χ0) is 22.6. The number of esters is 1. The summed E-state index contributed by atoms with van der Waals surface area (Å²) in [6, 6.07) is 12.7. The fraction of sp³-hybridized carbons (Fsp3) is 0.0833. The Bertz CT molecular complexity index is 1470. The number of aromatic hydroxyl groups is 4. The van der Waals surface area contributed by atoms with E-state index < -0.39 is 28.8 Å². The van der Waals surface area contributed by atoms with Gasteiger partial charge in [0.15, 0.2) is 16.9 Å². The molecule has 3 aromatic carbocycles. The van der Waals surface area contributed by atoms with Crippen LogP contribution >= 0.6 is 0 Å². The average molecular weight is 432 g/mol. The number of phenolic OH excluding ortho intramolecular Hbond substituents is 4. The number of carbonyl (C=O) groups excluding carboxylic acids is 1.